The maximum Gasteiger partial charge on any atom is 0.259 e. The van der Waals surface area contributed by atoms with Gasteiger partial charge < -0.3 is 15.5 Å². The summed E-state index contributed by atoms with van der Waals surface area (Å²) in [5.74, 6) is 0.217. The first kappa shape index (κ1) is 22.3. The van der Waals surface area contributed by atoms with E-state index >= 15 is 0 Å². The zero-order chi connectivity index (χ0) is 23.9. The van der Waals surface area contributed by atoms with Gasteiger partial charge in [0.25, 0.3) is 5.91 Å². The minimum absolute atomic E-state index is 0.0592. The van der Waals surface area contributed by atoms with E-state index in [1.807, 2.05) is 36.4 Å². The van der Waals surface area contributed by atoms with Gasteiger partial charge in [-0.3, -0.25) is 14.7 Å². The van der Waals surface area contributed by atoms with Gasteiger partial charge in [-0.2, -0.15) is 5.10 Å². The number of amides is 2. The maximum atomic E-state index is 13.2. The van der Waals surface area contributed by atoms with E-state index in [0.29, 0.717) is 28.0 Å². The summed E-state index contributed by atoms with van der Waals surface area (Å²) in [6.07, 6.45) is 3.39. The Morgan fingerprint density at radius 2 is 1.97 bits per heavy atom. The molecule has 34 heavy (non-hydrogen) atoms. The summed E-state index contributed by atoms with van der Waals surface area (Å²) in [6, 6.07) is 15.0. The van der Waals surface area contributed by atoms with Crippen LogP contribution in [0.25, 0.3) is 10.9 Å². The SMILES string of the molecule is CC1(C)CN(C(=O)CI)c2cc(NC(=O)c3cccnc3Nc3ccc4cn[nH]c4c3)ccc21. The van der Waals surface area contributed by atoms with Crippen molar-refractivity contribution in [1.29, 1.82) is 0 Å². The van der Waals surface area contributed by atoms with Crippen LogP contribution in [0.4, 0.5) is 22.9 Å². The highest BCUT2D eigenvalue weighted by atomic mass is 127. The van der Waals surface area contributed by atoms with Crippen LogP contribution >= 0.6 is 22.6 Å². The van der Waals surface area contributed by atoms with Crippen LogP contribution in [0.1, 0.15) is 29.8 Å². The van der Waals surface area contributed by atoms with Gasteiger partial charge >= 0.3 is 0 Å². The predicted molar refractivity (Wildman–Crippen MR) is 142 cm³/mol. The van der Waals surface area contributed by atoms with Gasteiger partial charge in [-0.1, -0.05) is 42.5 Å². The summed E-state index contributed by atoms with van der Waals surface area (Å²) < 4.78 is 0.402. The van der Waals surface area contributed by atoms with Crippen LogP contribution in [0.2, 0.25) is 0 Å². The minimum atomic E-state index is -0.290. The van der Waals surface area contributed by atoms with Crippen molar-refractivity contribution in [2.45, 2.75) is 19.3 Å². The number of hydrogen-bond acceptors (Lipinski definition) is 5. The zero-order valence-corrected chi connectivity index (χ0v) is 20.9. The van der Waals surface area contributed by atoms with Gasteiger partial charge in [0.05, 0.1) is 21.7 Å². The number of benzene rings is 2. The molecule has 1 aliphatic rings. The fourth-order valence-corrected chi connectivity index (χ4v) is 4.72. The number of alkyl halides is 1. The van der Waals surface area contributed by atoms with E-state index in [4.69, 9.17) is 0 Å². The Bertz CT molecular complexity index is 1410. The van der Waals surface area contributed by atoms with E-state index in [-0.39, 0.29) is 17.2 Å². The molecule has 2 amide bonds. The number of carbonyl (C=O) groups excluding carboxylic acids is 2. The monoisotopic (exact) mass is 566 g/mol. The molecule has 8 nitrogen and oxygen atoms in total. The molecule has 172 valence electrons. The first-order chi connectivity index (χ1) is 16.4. The molecule has 0 unspecified atom stereocenters. The van der Waals surface area contributed by atoms with Crippen molar-refractivity contribution in [3.63, 3.8) is 0 Å². The summed E-state index contributed by atoms with van der Waals surface area (Å²) in [5.41, 5.74) is 4.52. The standard InChI is InChI=1S/C25H23IN6O2/c1-25(2)14-32(22(33)12-26)21-11-17(7-8-19(21)25)30-24(34)18-4-3-9-27-23(18)29-16-6-5-15-13-28-31-20(15)10-16/h3-11,13H,12,14H2,1-2H3,(H,27,29)(H,28,31)(H,30,34). The number of aromatic amines is 1. The third-order valence-electron chi connectivity index (χ3n) is 6.00. The van der Waals surface area contributed by atoms with E-state index in [1.165, 1.54) is 0 Å². The van der Waals surface area contributed by atoms with Crippen molar-refractivity contribution in [3.8, 4) is 0 Å². The third kappa shape index (κ3) is 4.11. The first-order valence-electron chi connectivity index (χ1n) is 10.8. The Morgan fingerprint density at radius 3 is 2.79 bits per heavy atom. The van der Waals surface area contributed by atoms with Crippen LogP contribution in [0, 0.1) is 0 Å². The fraction of sp³-hybridized carbons (Fsp3) is 0.200. The van der Waals surface area contributed by atoms with Crippen molar-refractivity contribution in [2.24, 2.45) is 0 Å². The van der Waals surface area contributed by atoms with Crippen molar-refractivity contribution in [3.05, 3.63) is 72.1 Å². The number of nitrogens with one attached hydrogen (secondary N) is 3. The molecule has 4 aromatic rings. The molecule has 0 saturated heterocycles. The summed E-state index contributed by atoms with van der Waals surface area (Å²) >= 11 is 2.09. The number of anilines is 4. The van der Waals surface area contributed by atoms with E-state index in [0.717, 1.165) is 27.8 Å². The Balaban J connectivity index is 1.41. The number of H-pyrrole nitrogens is 1. The number of carbonyl (C=O) groups is 2. The van der Waals surface area contributed by atoms with E-state index < -0.39 is 0 Å². The summed E-state index contributed by atoms with van der Waals surface area (Å²) in [6.45, 7) is 4.87. The molecule has 0 bridgehead atoms. The normalized spacial score (nSPS) is 14.1. The van der Waals surface area contributed by atoms with Gasteiger partial charge in [0.1, 0.15) is 5.82 Å². The fourth-order valence-electron chi connectivity index (χ4n) is 4.30. The first-order valence-corrected chi connectivity index (χ1v) is 12.4. The molecule has 2 aromatic heterocycles. The molecule has 2 aromatic carbocycles. The number of aromatic nitrogens is 3. The van der Waals surface area contributed by atoms with Crippen LogP contribution in [-0.2, 0) is 10.2 Å². The summed E-state index contributed by atoms with van der Waals surface area (Å²) in [7, 11) is 0. The van der Waals surface area contributed by atoms with Crippen LogP contribution in [0.5, 0.6) is 0 Å². The molecule has 3 heterocycles. The smallest absolute Gasteiger partial charge is 0.259 e. The summed E-state index contributed by atoms with van der Waals surface area (Å²) in [4.78, 5) is 31.9. The molecule has 0 saturated carbocycles. The molecular formula is C25H23IN6O2. The van der Waals surface area contributed by atoms with Gasteiger partial charge in [-0.05, 0) is 48.0 Å². The van der Waals surface area contributed by atoms with Crippen LogP contribution in [0.3, 0.4) is 0 Å². The number of rotatable bonds is 5. The number of pyridine rings is 1. The van der Waals surface area contributed by atoms with Crippen molar-refractivity contribution in [1.82, 2.24) is 15.2 Å². The Kier molecular flexibility index (Phi) is 5.72. The number of nitrogens with zero attached hydrogens (tertiary/aromatic N) is 3. The summed E-state index contributed by atoms with van der Waals surface area (Å²) in [5, 5.41) is 14.2. The molecule has 3 N–H and O–H groups in total. The predicted octanol–water partition coefficient (Wildman–Crippen LogP) is 5.01. The maximum absolute atomic E-state index is 13.2. The Labute approximate surface area is 210 Å². The largest absolute Gasteiger partial charge is 0.340 e. The second-order valence-electron chi connectivity index (χ2n) is 8.88. The average molecular weight is 566 g/mol. The van der Waals surface area contributed by atoms with Crippen molar-refractivity contribution >= 4 is 68.2 Å². The highest BCUT2D eigenvalue weighted by molar-refractivity contribution is 14.1. The van der Waals surface area contributed by atoms with Gasteiger partial charge in [0.2, 0.25) is 5.91 Å². The molecule has 0 fully saturated rings. The lowest BCUT2D eigenvalue weighted by Crippen LogP contribution is -2.34. The van der Waals surface area contributed by atoms with E-state index in [9.17, 15) is 9.59 Å². The van der Waals surface area contributed by atoms with Crippen LogP contribution in [0.15, 0.2) is 60.9 Å². The van der Waals surface area contributed by atoms with Crippen molar-refractivity contribution in [2.75, 3.05) is 26.5 Å². The van der Waals surface area contributed by atoms with Crippen molar-refractivity contribution < 1.29 is 9.59 Å². The Hall–Kier alpha value is -3.47. The van der Waals surface area contributed by atoms with Crippen LogP contribution < -0.4 is 15.5 Å². The molecular weight excluding hydrogens is 543 g/mol. The lowest BCUT2D eigenvalue weighted by atomic mass is 9.87. The average Bonchev–Trinajstić information content (AvgIpc) is 3.40. The lowest BCUT2D eigenvalue weighted by molar-refractivity contribution is -0.116. The second kappa shape index (κ2) is 8.71. The number of fused-ring (bicyclic) bond motifs is 2. The van der Waals surface area contributed by atoms with Crippen LogP contribution in [-0.4, -0.2) is 38.0 Å². The number of hydrogen-bond donors (Lipinski definition) is 3. The molecule has 0 radical (unpaired) electrons. The topological polar surface area (TPSA) is 103 Å². The van der Waals surface area contributed by atoms with Gasteiger partial charge in [0, 0.05) is 40.6 Å². The zero-order valence-electron chi connectivity index (χ0n) is 18.7. The number of halogens is 1. The third-order valence-corrected chi connectivity index (χ3v) is 6.65. The van der Waals surface area contributed by atoms with Gasteiger partial charge in [-0.15, -0.1) is 0 Å². The minimum Gasteiger partial charge on any atom is -0.340 e. The van der Waals surface area contributed by atoms with E-state index in [2.05, 4.69) is 62.3 Å². The molecule has 0 atom stereocenters. The molecule has 0 aliphatic carbocycles. The van der Waals surface area contributed by atoms with Gasteiger partial charge in [0.15, 0.2) is 0 Å². The van der Waals surface area contributed by atoms with Gasteiger partial charge in [-0.25, -0.2) is 4.98 Å². The molecule has 0 spiro atoms. The highest BCUT2D eigenvalue weighted by Gasteiger charge is 2.37. The molecule has 5 rings (SSSR count). The lowest BCUT2D eigenvalue weighted by Gasteiger charge is -2.20. The quantitative estimate of drug-likeness (QED) is 0.233. The highest BCUT2D eigenvalue weighted by Crippen LogP contribution is 2.42. The van der Waals surface area contributed by atoms with E-state index in [1.54, 1.807) is 29.4 Å². The second-order valence-corrected chi connectivity index (χ2v) is 9.64. The Morgan fingerprint density at radius 1 is 1.15 bits per heavy atom. The molecule has 9 heteroatoms. The molecule has 1 aliphatic heterocycles.